The average Bonchev–Trinajstić information content (AvgIpc) is 3.65. The van der Waals surface area contributed by atoms with Crippen LogP contribution in [0, 0.1) is 24.6 Å². The Bertz CT molecular complexity index is 1490. The van der Waals surface area contributed by atoms with Crippen LogP contribution < -0.4 is 4.74 Å². The first-order valence-corrected chi connectivity index (χ1v) is 11.7. The van der Waals surface area contributed by atoms with Gasteiger partial charge in [-0.1, -0.05) is 30.3 Å². The molecule has 38 heavy (non-hydrogen) atoms. The quantitative estimate of drug-likeness (QED) is 0.163. The first kappa shape index (κ1) is 28.9. The predicted octanol–water partition coefficient (Wildman–Crippen LogP) is 3.82. The summed E-state index contributed by atoms with van der Waals surface area (Å²) in [7, 11) is 1.47. The van der Waals surface area contributed by atoms with E-state index < -0.39 is 11.7 Å². The molecule has 1 amide bonds. The molecule has 10 nitrogen and oxygen atoms in total. The van der Waals surface area contributed by atoms with E-state index >= 15 is 0 Å². The zero-order chi connectivity index (χ0) is 26.4. The van der Waals surface area contributed by atoms with Gasteiger partial charge in [0.15, 0.2) is 5.82 Å². The van der Waals surface area contributed by atoms with Crippen LogP contribution in [0.1, 0.15) is 37.1 Å². The number of ketones is 1. The fourth-order valence-electron chi connectivity index (χ4n) is 4.34. The van der Waals surface area contributed by atoms with E-state index in [0.717, 1.165) is 11.1 Å². The van der Waals surface area contributed by atoms with Crippen LogP contribution in [0.4, 0.5) is 0 Å². The maximum Gasteiger partial charge on any atom is 0.295 e. The van der Waals surface area contributed by atoms with E-state index in [1.54, 1.807) is 6.92 Å². The molecule has 1 saturated heterocycles. The molecule has 193 valence electrons. The molecule has 1 fully saturated rings. The number of nitrogens with one attached hydrogen (secondary N) is 1. The zero-order valence-electron chi connectivity index (χ0n) is 21.1. The number of methoxy groups -OCH3 is 1. The molecule has 0 bridgehead atoms. The molecular weight excluding hydrogens is 559 g/mol. The Hall–Kier alpha value is -3.68. The summed E-state index contributed by atoms with van der Waals surface area (Å²) in [6.07, 6.45) is 7.92. The van der Waals surface area contributed by atoms with Gasteiger partial charge >= 0.3 is 0 Å². The normalized spacial score (nSPS) is 12.6. The number of hydrogen-bond donors (Lipinski definition) is 1. The molecule has 1 aliphatic rings. The molecule has 1 radical (unpaired) electrons. The number of nitrogens with zero attached hydrogens (tertiary/aromatic N) is 6. The molecule has 0 spiro atoms. The van der Waals surface area contributed by atoms with Crippen LogP contribution in [-0.2, 0) is 37.5 Å². The number of aromatic nitrogens is 5. The number of ether oxygens (including phenoxy) is 1. The van der Waals surface area contributed by atoms with Crippen molar-refractivity contribution in [2.45, 2.75) is 19.8 Å². The number of fused-ring (bicyclic) bond motifs is 1. The van der Waals surface area contributed by atoms with Crippen LogP contribution in [-0.4, -0.2) is 61.5 Å². The number of amides is 1. The number of Topliss-reactive ketones (excluding diaryl/α,β-unsaturated/α-hetero) is 1. The Labute approximate surface area is 247 Å². The van der Waals surface area contributed by atoms with Gasteiger partial charge in [-0.2, -0.15) is 12.2 Å². The molecule has 0 saturated carbocycles. The summed E-state index contributed by atoms with van der Waals surface area (Å²) in [5.74, 6) is -0.486. The number of pyridine rings is 1. The fourth-order valence-corrected chi connectivity index (χ4v) is 4.34. The molecule has 0 atom stereocenters. The largest absolute Gasteiger partial charge is 0.494 e. The number of nitriles is 1. The Morgan fingerprint density at radius 1 is 1.21 bits per heavy atom. The number of hydrogen-bond acceptors (Lipinski definition) is 7. The van der Waals surface area contributed by atoms with Gasteiger partial charge in [0.2, 0.25) is 0 Å². The molecule has 1 aliphatic heterocycles. The topological polar surface area (TPSA) is 130 Å². The second-order valence-electron chi connectivity index (χ2n) is 7.97. The van der Waals surface area contributed by atoms with Crippen molar-refractivity contribution < 1.29 is 48.5 Å². The standard InChI is InChI=1S/C25H20N7O3.C2H5.Y.H2/c1-35-20-13-29-24(32-15-27-14-30-32)22-21(20)19(12-28-22)23(33)25(34)31-9-7-17(8-10-31)18(11-26)16-5-3-2-4-6-16;1-2;;/h2-6,12-13,15,28H,7-10H2,1H3;1H2,2H3;;1H/q2*-1;;. The van der Waals surface area contributed by atoms with E-state index in [-0.39, 0.29) is 39.7 Å². The number of carbonyl (C=O) groups excluding carboxylic acids is 2. The number of benzene rings is 1. The summed E-state index contributed by atoms with van der Waals surface area (Å²) in [6, 6.07) is 11.8. The van der Waals surface area contributed by atoms with Crippen molar-refractivity contribution in [1.82, 2.24) is 29.6 Å². The Kier molecular flexibility index (Phi) is 10.0. The molecule has 1 aromatic carbocycles. The molecule has 0 aliphatic carbocycles. The summed E-state index contributed by atoms with van der Waals surface area (Å²) in [5.41, 5.74) is 3.17. The van der Waals surface area contributed by atoms with Gasteiger partial charge in [0, 0.05) is 53.4 Å². The van der Waals surface area contributed by atoms with Gasteiger partial charge in [-0.25, -0.2) is 4.98 Å². The molecular formula is C27H27N7O3Y-2. The van der Waals surface area contributed by atoms with Gasteiger partial charge in [0.25, 0.3) is 11.7 Å². The minimum absolute atomic E-state index is 0. The van der Waals surface area contributed by atoms with Gasteiger partial charge in [-0.3, -0.25) is 14.7 Å². The Morgan fingerprint density at radius 2 is 1.92 bits per heavy atom. The average molecular weight is 586 g/mol. The summed E-state index contributed by atoms with van der Waals surface area (Å²) >= 11 is 0. The molecule has 4 aromatic rings. The van der Waals surface area contributed by atoms with E-state index in [1.165, 1.54) is 35.4 Å². The maximum absolute atomic E-state index is 13.3. The minimum atomic E-state index is -0.646. The van der Waals surface area contributed by atoms with Crippen LogP contribution in [0.2, 0.25) is 0 Å². The maximum atomic E-state index is 13.3. The number of carbonyl (C=O) groups is 2. The van der Waals surface area contributed by atoms with E-state index in [0.29, 0.717) is 54.0 Å². The van der Waals surface area contributed by atoms with E-state index in [9.17, 15) is 14.9 Å². The summed E-state index contributed by atoms with van der Waals surface area (Å²) < 4.78 is 6.83. The molecule has 4 heterocycles. The van der Waals surface area contributed by atoms with Crippen LogP contribution in [0.5, 0.6) is 5.75 Å². The predicted molar refractivity (Wildman–Crippen MR) is 139 cm³/mol. The second kappa shape index (κ2) is 13.2. The summed E-state index contributed by atoms with van der Waals surface area (Å²) in [4.78, 5) is 39.2. The van der Waals surface area contributed by atoms with Crippen molar-refractivity contribution >= 4 is 28.2 Å². The third-order valence-corrected chi connectivity index (χ3v) is 6.09. The number of allylic oxidation sites excluding steroid dienone is 1. The Balaban J connectivity index is 0.00000130. The van der Waals surface area contributed by atoms with Crippen LogP contribution >= 0.6 is 0 Å². The van der Waals surface area contributed by atoms with Crippen molar-refractivity contribution in [3.05, 3.63) is 79.0 Å². The van der Waals surface area contributed by atoms with Gasteiger partial charge in [0.05, 0.1) is 41.4 Å². The van der Waals surface area contributed by atoms with E-state index in [2.05, 4.69) is 39.4 Å². The van der Waals surface area contributed by atoms with Crippen molar-refractivity contribution in [3.8, 4) is 17.6 Å². The molecule has 3 aromatic heterocycles. The van der Waals surface area contributed by atoms with Crippen molar-refractivity contribution in [1.29, 1.82) is 5.26 Å². The van der Waals surface area contributed by atoms with Crippen molar-refractivity contribution in [3.63, 3.8) is 0 Å². The minimum Gasteiger partial charge on any atom is -0.494 e. The number of aromatic amines is 1. The third-order valence-electron chi connectivity index (χ3n) is 6.09. The van der Waals surface area contributed by atoms with Gasteiger partial charge in [0.1, 0.15) is 5.75 Å². The first-order chi connectivity index (χ1) is 18.1. The van der Waals surface area contributed by atoms with Crippen molar-refractivity contribution in [2.75, 3.05) is 20.2 Å². The number of H-pyrrole nitrogens is 1. The van der Waals surface area contributed by atoms with Gasteiger partial charge in [-0.15, -0.1) is 0 Å². The SMILES string of the molecule is COc1cnc(-n2cn[c-]n2)c2[nH]cc(C(=O)C(=O)N3CCC(=C(C#N)c4ccccc4)CC3)c12.[CH2-]C.[HH].[Y]. The number of piperidine rings is 1. The third kappa shape index (κ3) is 5.59. The van der Waals surface area contributed by atoms with Crippen molar-refractivity contribution in [2.24, 2.45) is 0 Å². The number of rotatable bonds is 5. The van der Waals surface area contributed by atoms with E-state index in [4.69, 9.17) is 4.74 Å². The summed E-state index contributed by atoms with van der Waals surface area (Å²) in [5, 5.41) is 14.1. The van der Waals surface area contributed by atoms with Crippen LogP contribution in [0.15, 0.2) is 54.6 Å². The molecule has 5 rings (SSSR count). The monoisotopic (exact) mass is 586 g/mol. The van der Waals surface area contributed by atoms with Gasteiger partial charge < -0.3 is 31.2 Å². The first-order valence-electron chi connectivity index (χ1n) is 11.7. The van der Waals surface area contributed by atoms with Gasteiger partial charge in [-0.05, 0) is 36.6 Å². The smallest absolute Gasteiger partial charge is 0.295 e. The van der Waals surface area contributed by atoms with E-state index in [1.807, 2.05) is 30.3 Å². The van der Waals surface area contributed by atoms with Crippen LogP contribution in [0.25, 0.3) is 22.3 Å². The fraction of sp³-hybridized carbons (Fsp3) is 0.222. The Morgan fingerprint density at radius 3 is 2.53 bits per heavy atom. The number of likely N-dealkylation sites (tertiary alicyclic amines) is 1. The van der Waals surface area contributed by atoms with Crippen LogP contribution in [0.3, 0.4) is 0 Å². The molecule has 0 unspecified atom stereocenters. The summed E-state index contributed by atoms with van der Waals surface area (Å²) in [6.45, 7) is 5.72. The molecule has 11 heteroatoms. The molecule has 1 N–H and O–H groups in total. The zero-order valence-corrected chi connectivity index (χ0v) is 24.0. The second-order valence-corrected chi connectivity index (χ2v) is 7.97.